The number of carbonyl (C=O) groups excluding carboxylic acids is 1. The van der Waals surface area contributed by atoms with E-state index in [2.05, 4.69) is 5.32 Å². The molecular weight excluding hydrogens is 198 g/mol. The van der Waals surface area contributed by atoms with Crippen LogP contribution >= 0.6 is 0 Å². The van der Waals surface area contributed by atoms with Crippen molar-refractivity contribution in [2.75, 3.05) is 6.61 Å². The van der Waals surface area contributed by atoms with Gasteiger partial charge >= 0.3 is 5.97 Å². The van der Waals surface area contributed by atoms with Gasteiger partial charge in [0.25, 0.3) is 0 Å². The van der Waals surface area contributed by atoms with Crippen molar-refractivity contribution in [1.82, 2.24) is 5.32 Å². The van der Waals surface area contributed by atoms with Gasteiger partial charge < -0.3 is 15.5 Å². The summed E-state index contributed by atoms with van der Waals surface area (Å²) in [7, 11) is 0. The number of aliphatic carboxylic acids is 1. The van der Waals surface area contributed by atoms with Crippen LogP contribution in [0.1, 0.15) is 33.1 Å². The predicted molar refractivity (Wildman–Crippen MR) is 55.3 cm³/mol. The molecule has 0 aromatic rings. The highest BCUT2D eigenvalue weighted by Crippen LogP contribution is 2.05. The second kappa shape index (κ2) is 7.23. The van der Waals surface area contributed by atoms with Crippen molar-refractivity contribution < 1.29 is 19.8 Å². The monoisotopic (exact) mass is 217 g/mol. The van der Waals surface area contributed by atoms with Gasteiger partial charge in [0.2, 0.25) is 5.91 Å². The van der Waals surface area contributed by atoms with Crippen molar-refractivity contribution in [1.29, 1.82) is 0 Å². The largest absolute Gasteiger partial charge is 0.480 e. The molecule has 2 unspecified atom stereocenters. The van der Waals surface area contributed by atoms with E-state index in [1.807, 2.05) is 6.92 Å². The molecule has 1 amide bonds. The molecule has 0 bridgehead atoms. The minimum Gasteiger partial charge on any atom is -0.480 e. The summed E-state index contributed by atoms with van der Waals surface area (Å²) in [6.07, 6.45) is 1.66. The average Bonchev–Trinajstić information content (AvgIpc) is 2.17. The highest BCUT2D eigenvalue weighted by molar-refractivity contribution is 5.84. The van der Waals surface area contributed by atoms with Crippen LogP contribution < -0.4 is 5.32 Å². The lowest BCUT2D eigenvalue weighted by Gasteiger charge is -2.16. The van der Waals surface area contributed by atoms with E-state index >= 15 is 0 Å². The second-order valence-corrected chi connectivity index (χ2v) is 3.60. The van der Waals surface area contributed by atoms with Crippen LogP contribution in [0.25, 0.3) is 0 Å². The molecule has 0 heterocycles. The van der Waals surface area contributed by atoms with E-state index in [0.717, 1.165) is 12.8 Å². The smallest absolute Gasteiger partial charge is 0.326 e. The zero-order valence-corrected chi connectivity index (χ0v) is 9.19. The van der Waals surface area contributed by atoms with Crippen LogP contribution in [0.2, 0.25) is 0 Å². The molecule has 0 aromatic heterocycles. The standard InChI is InChI=1S/C10H19NO4/c1-3-4-7(2)9(13)11-8(5-6-12)10(14)15/h7-8,12H,3-6H2,1-2H3,(H,11,13)(H,14,15). The molecule has 2 atom stereocenters. The number of aliphatic hydroxyl groups excluding tert-OH is 1. The summed E-state index contributed by atoms with van der Waals surface area (Å²) in [6.45, 7) is 3.47. The Morgan fingerprint density at radius 3 is 2.33 bits per heavy atom. The first-order valence-corrected chi connectivity index (χ1v) is 5.17. The number of nitrogens with one attached hydrogen (secondary N) is 1. The van der Waals surface area contributed by atoms with Gasteiger partial charge in [-0.15, -0.1) is 0 Å². The van der Waals surface area contributed by atoms with Crippen molar-refractivity contribution in [3.05, 3.63) is 0 Å². The van der Waals surface area contributed by atoms with E-state index in [1.165, 1.54) is 0 Å². The first kappa shape index (κ1) is 13.9. The van der Waals surface area contributed by atoms with Crippen LogP contribution in [0.3, 0.4) is 0 Å². The Hall–Kier alpha value is -1.10. The summed E-state index contributed by atoms with van der Waals surface area (Å²) in [5.41, 5.74) is 0. The fourth-order valence-electron chi connectivity index (χ4n) is 1.26. The number of carboxylic acid groups (broad SMARTS) is 1. The maximum absolute atomic E-state index is 11.5. The van der Waals surface area contributed by atoms with E-state index in [0.29, 0.717) is 0 Å². The molecule has 0 aliphatic heterocycles. The molecule has 5 nitrogen and oxygen atoms in total. The van der Waals surface area contributed by atoms with E-state index in [-0.39, 0.29) is 24.9 Å². The van der Waals surface area contributed by atoms with Crippen molar-refractivity contribution in [3.63, 3.8) is 0 Å². The summed E-state index contributed by atoms with van der Waals surface area (Å²) < 4.78 is 0. The van der Waals surface area contributed by atoms with Gasteiger partial charge in [0.15, 0.2) is 0 Å². The van der Waals surface area contributed by atoms with Gasteiger partial charge in [-0.25, -0.2) is 4.79 Å². The van der Waals surface area contributed by atoms with Crippen LogP contribution in [0.5, 0.6) is 0 Å². The SMILES string of the molecule is CCCC(C)C(=O)NC(CCO)C(=O)O. The Bertz CT molecular complexity index is 217. The summed E-state index contributed by atoms with van der Waals surface area (Å²) in [6, 6.07) is -0.984. The zero-order chi connectivity index (χ0) is 11.8. The van der Waals surface area contributed by atoms with Crippen molar-refractivity contribution >= 4 is 11.9 Å². The van der Waals surface area contributed by atoms with Crippen LogP contribution in [0.4, 0.5) is 0 Å². The van der Waals surface area contributed by atoms with Crippen molar-refractivity contribution in [2.45, 2.75) is 39.2 Å². The number of hydrogen-bond acceptors (Lipinski definition) is 3. The van der Waals surface area contributed by atoms with Gasteiger partial charge in [0.05, 0.1) is 0 Å². The Labute approximate surface area is 89.5 Å². The number of hydrogen-bond donors (Lipinski definition) is 3. The minimum atomic E-state index is -1.11. The molecular formula is C10H19NO4. The number of amides is 1. The van der Waals surface area contributed by atoms with E-state index in [9.17, 15) is 9.59 Å². The summed E-state index contributed by atoms with van der Waals surface area (Å²) >= 11 is 0. The van der Waals surface area contributed by atoms with Crippen molar-refractivity contribution in [2.24, 2.45) is 5.92 Å². The molecule has 0 spiro atoms. The van der Waals surface area contributed by atoms with E-state index in [4.69, 9.17) is 10.2 Å². The minimum absolute atomic E-state index is 0.0416. The maximum Gasteiger partial charge on any atom is 0.326 e. The summed E-state index contributed by atoms with van der Waals surface area (Å²) in [4.78, 5) is 22.1. The normalized spacial score (nSPS) is 14.3. The van der Waals surface area contributed by atoms with Gasteiger partial charge in [-0.3, -0.25) is 4.79 Å². The van der Waals surface area contributed by atoms with Crippen molar-refractivity contribution in [3.8, 4) is 0 Å². The third-order valence-corrected chi connectivity index (χ3v) is 2.20. The molecule has 88 valence electrons. The third kappa shape index (κ3) is 5.37. The first-order valence-electron chi connectivity index (χ1n) is 5.17. The number of carbonyl (C=O) groups is 2. The molecule has 0 rings (SSSR count). The van der Waals surface area contributed by atoms with Gasteiger partial charge in [-0.1, -0.05) is 20.3 Å². The Kier molecular flexibility index (Phi) is 6.70. The quantitative estimate of drug-likeness (QED) is 0.575. The van der Waals surface area contributed by atoms with Gasteiger partial charge in [0, 0.05) is 18.9 Å². The predicted octanol–water partition coefficient (Wildman–Crippen LogP) is 0.374. The lowest BCUT2D eigenvalue weighted by Crippen LogP contribution is -2.43. The second-order valence-electron chi connectivity index (χ2n) is 3.60. The lowest BCUT2D eigenvalue weighted by atomic mass is 10.0. The fourth-order valence-corrected chi connectivity index (χ4v) is 1.26. The number of aliphatic hydroxyl groups is 1. The zero-order valence-electron chi connectivity index (χ0n) is 9.19. The van der Waals surface area contributed by atoms with E-state index < -0.39 is 12.0 Å². The fraction of sp³-hybridized carbons (Fsp3) is 0.800. The average molecular weight is 217 g/mol. The molecule has 15 heavy (non-hydrogen) atoms. The molecule has 3 N–H and O–H groups in total. The summed E-state index contributed by atoms with van der Waals surface area (Å²) in [5, 5.41) is 19.8. The maximum atomic E-state index is 11.5. The van der Waals surface area contributed by atoms with Gasteiger partial charge in [-0.2, -0.15) is 0 Å². The van der Waals surface area contributed by atoms with Crippen LogP contribution in [0, 0.1) is 5.92 Å². The molecule has 0 fully saturated rings. The van der Waals surface area contributed by atoms with Gasteiger partial charge in [-0.05, 0) is 6.42 Å². The summed E-state index contributed by atoms with van der Waals surface area (Å²) in [5.74, 6) is -1.56. The number of rotatable bonds is 7. The first-order chi connectivity index (χ1) is 7.02. The molecule has 5 heteroatoms. The van der Waals surface area contributed by atoms with Crippen LogP contribution in [0.15, 0.2) is 0 Å². The molecule has 0 aliphatic carbocycles. The number of carboxylic acids is 1. The Balaban J connectivity index is 4.15. The van der Waals surface area contributed by atoms with Crippen LogP contribution in [-0.4, -0.2) is 34.7 Å². The molecule has 0 aliphatic rings. The van der Waals surface area contributed by atoms with Crippen LogP contribution in [-0.2, 0) is 9.59 Å². The molecule has 0 saturated heterocycles. The Morgan fingerprint density at radius 1 is 1.33 bits per heavy atom. The topological polar surface area (TPSA) is 86.6 Å². The highest BCUT2D eigenvalue weighted by Gasteiger charge is 2.21. The third-order valence-electron chi connectivity index (χ3n) is 2.20. The van der Waals surface area contributed by atoms with Gasteiger partial charge in [0.1, 0.15) is 6.04 Å². The Morgan fingerprint density at radius 2 is 1.93 bits per heavy atom. The van der Waals surface area contributed by atoms with E-state index in [1.54, 1.807) is 6.92 Å². The molecule has 0 saturated carbocycles. The highest BCUT2D eigenvalue weighted by atomic mass is 16.4. The molecule has 0 aromatic carbocycles. The lowest BCUT2D eigenvalue weighted by molar-refractivity contribution is -0.142. The molecule has 0 radical (unpaired) electrons.